The van der Waals surface area contributed by atoms with Crippen LogP contribution in [-0.4, -0.2) is 70.5 Å². The molecule has 4 fully saturated rings. The zero-order valence-electron chi connectivity index (χ0n) is 21.2. The van der Waals surface area contributed by atoms with Crippen LogP contribution in [0.3, 0.4) is 0 Å². The number of para-hydroxylation sites is 2. The van der Waals surface area contributed by atoms with Crippen molar-refractivity contribution in [2.45, 2.75) is 82.0 Å². The van der Waals surface area contributed by atoms with Gasteiger partial charge in [0.2, 0.25) is 0 Å². The van der Waals surface area contributed by atoms with Gasteiger partial charge in [-0.3, -0.25) is 4.79 Å². The van der Waals surface area contributed by atoms with E-state index in [4.69, 9.17) is 4.74 Å². The number of anilines is 1. The Kier molecular flexibility index (Phi) is 6.50. The van der Waals surface area contributed by atoms with Crippen LogP contribution in [0.2, 0.25) is 0 Å². The number of hydrogen-bond donors (Lipinski definition) is 1. The van der Waals surface area contributed by atoms with Crippen LogP contribution < -0.4 is 10.5 Å². The fourth-order valence-electron chi connectivity index (χ4n) is 7.55. The lowest BCUT2D eigenvalue weighted by molar-refractivity contribution is -0.145. The maximum Gasteiger partial charge on any atom is 0.329 e. The second-order valence-corrected chi connectivity index (χ2v) is 11.5. The third-order valence-corrected chi connectivity index (χ3v) is 9.40. The van der Waals surface area contributed by atoms with Gasteiger partial charge in [-0.05, 0) is 56.1 Å². The number of aromatic nitrogens is 2. The van der Waals surface area contributed by atoms with Crippen molar-refractivity contribution in [3.05, 3.63) is 34.6 Å². The SMILES string of the molecule is CO[C@H]1CN(c2nc3ccccc3n(C3CCN([C@@H]4C[C@@H]5CCCC[C@@H](C5)C4)CC3)c2=O)[C@@H]1C(=O)O. The van der Waals surface area contributed by atoms with Crippen LogP contribution in [-0.2, 0) is 9.53 Å². The predicted octanol–water partition coefficient (Wildman–Crippen LogP) is 3.68. The molecule has 3 heterocycles. The van der Waals surface area contributed by atoms with Crippen LogP contribution >= 0.6 is 0 Å². The minimum absolute atomic E-state index is 0.0917. The number of carbonyl (C=O) groups is 1. The van der Waals surface area contributed by atoms with Gasteiger partial charge >= 0.3 is 5.97 Å². The molecule has 0 amide bonds. The van der Waals surface area contributed by atoms with Gasteiger partial charge in [0.05, 0.1) is 11.0 Å². The number of aliphatic carboxylic acids is 1. The van der Waals surface area contributed by atoms with Crippen molar-refractivity contribution in [2.75, 3.05) is 31.6 Å². The highest BCUT2D eigenvalue weighted by Crippen LogP contribution is 2.41. The van der Waals surface area contributed by atoms with Gasteiger partial charge in [-0.2, -0.15) is 0 Å². The van der Waals surface area contributed by atoms with E-state index in [2.05, 4.69) is 9.88 Å². The van der Waals surface area contributed by atoms with Crippen molar-refractivity contribution in [2.24, 2.45) is 11.8 Å². The highest BCUT2D eigenvalue weighted by Gasteiger charge is 2.47. The minimum atomic E-state index is -0.990. The third-order valence-electron chi connectivity index (χ3n) is 9.40. The molecule has 6 rings (SSSR count). The van der Waals surface area contributed by atoms with Crippen molar-refractivity contribution < 1.29 is 14.6 Å². The van der Waals surface area contributed by atoms with E-state index in [-0.39, 0.29) is 17.4 Å². The summed E-state index contributed by atoms with van der Waals surface area (Å²) in [6.07, 6.45) is 11.2. The Labute approximate surface area is 212 Å². The Balaban J connectivity index is 1.25. The zero-order valence-corrected chi connectivity index (χ0v) is 21.2. The van der Waals surface area contributed by atoms with Crippen molar-refractivity contribution >= 4 is 22.8 Å². The fraction of sp³-hybridized carbons (Fsp3) is 0.679. The van der Waals surface area contributed by atoms with Gasteiger partial charge in [0.1, 0.15) is 6.10 Å². The Hall–Kier alpha value is -2.45. The van der Waals surface area contributed by atoms with Gasteiger partial charge in [-0.1, -0.05) is 37.8 Å². The molecule has 36 heavy (non-hydrogen) atoms. The first kappa shape index (κ1) is 23.9. The summed E-state index contributed by atoms with van der Waals surface area (Å²) in [5, 5.41) is 9.75. The monoisotopic (exact) mass is 494 g/mol. The average Bonchev–Trinajstić information content (AvgIpc) is 3.03. The van der Waals surface area contributed by atoms with E-state index in [1.165, 1.54) is 52.1 Å². The summed E-state index contributed by atoms with van der Waals surface area (Å²) in [7, 11) is 1.51. The quantitative estimate of drug-likeness (QED) is 0.678. The van der Waals surface area contributed by atoms with Crippen molar-refractivity contribution in [3.8, 4) is 0 Å². The number of rotatable bonds is 5. The first-order valence-corrected chi connectivity index (χ1v) is 13.8. The highest BCUT2D eigenvalue weighted by molar-refractivity contribution is 5.83. The van der Waals surface area contributed by atoms with Gasteiger partial charge in [0, 0.05) is 38.8 Å². The summed E-state index contributed by atoms with van der Waals surface area (Å²) in [5.74, 6) is 1.04. The number of nitrogens with zero attached hydrogens (tertiary/aromatic N) is 4. The van der Waals surface area contributed by atoms with Gasteiger partial charge in [0.15, 0.2) is 11.9 Å². The second-order valence-electron chi connectivity index (χ2n) is 11.5. The summed E-state index contributed by atoms with van der Waals surface area (Å²) in [6, 6.07) is 7.64. The van der Waals surface area contributed by atoms with E-state index >= 15 is 0 Å². The van der Waals surface area contributed by atoms with Crippen LogP contribution in [0.4, 0.5) is 5.82 Å². The average molecular weight is 495 g/mol. The molecule has 1 N–H and O–H groups in total. The lowest BCUT2D eigenvalue weighted by atomic mass is 9.77. The Morgan fingerprint density at radius 1 is 1.00 bits per heavy atom. The largest absolute Gasteiger partial charge is 0.480 e. The first-order valence-electron chi connectivity index (χ1n) is 13.8. The molecule has 0 unspecified atom stereocenters. The molecular formula is C28H38N4O4. The molecule has 2 saturated carbocycles. The molecular weight excluding hydrogens is 456 g/mol. The standard InChI is InChI=1S/C28H38N4O4/c1-36-24-17-31(25(24)28(34)35)26-27(33)32(23-9-5-4-8-22(23)29-26)20-10-12-30(13-11-20)21-15-18-6-2-3-7-19(14-18)16-21/h4-5,8-9,18-21,24-25H,2-3,6-7,10-17H2,1H3,(H,34,35)/t18-,19+,21-,24-,25-/m0/s1. The number of hydrogen-bond acceptors (Lipinski definition) is 6. The molecule has 0 spiro atoms. The van der Waals surface area contributed by atoms with E-state index in [1.807, 2.05) is 28.8 Å². The molecule has 4 aliphatic rings. The van der Waals surface area contributed by atoms with Gasteiger partial charge in [0.25, 0.3) is 5.56 Å². The van der Waals surface area contributed by atoms with Crippen LogP contribution in [0.1, 0.15) is 63.8 Å². The summed E-state index contributed by atoms with van der Waals surface area (Å²) in [5.41, 5.74) is 1.39. The number of carboxylic acid groups (broad SMARTS) is 1. The van der Waals surface area contributed by atoms with Crippen LogP contribution in [0.25, 0.3) is 11.0 Å². The van der Waals surface area contributed by atoms with E-state index in [9.17, 15) is 14.7 Å². The lowest BCUT2D eigenvalue weighted by Crippen LogP contribution is -2.66. The smallest absolute Gasteiger partial charge is 0.329 e. The molecule has 1 aromatic heterocycles. The fourth-order valence-corrected chi connectivity index (χ4v) is 7.55. The minimum Gasteiger partial charge on any atom is -0.480 e. The molecule has 8 heteroatoms. The summed E-state index contributed by atoms with van der Waals surface area (Å²) >= 11 is 0. The molecule has 2 saturated heterocycles. The van der Waals surface area contributed by atoms with E-state index < -0.39 is 18.1 Å². The number of methoxy groups -OCH3 is 1. The van der Waals surface area contributed by atoms with Crippen molar-refractivity contribution in [1.82, 2.24) is 14.5 Å². The number of benzene rings is 1. The third kappa shape index (κ3) is 4.22. The number of ether oxygens (including phenoxy) is 1. The van der Waals surface area contributed by atoms with Gasteiger partial charge < -0.3 is 24.2 Å². The van der Waals surface area contributed by atoms with Gasteiger partial charge in [-0.25, -0.2) is 9.78 Å². The number of piperidine rings is 1. The van der Waals surface area contributed by atoms with E-state index in [0.717, 1.165) is 48.8 Å². The Morgan fingerprint density at radius 3 is 2.36 bits per heavy atom. The highest BCUT2D eigenvalue weighted by atomic mass is 16.5. The lowest BCUT2D eigenvalue weighted by Gasteiger charge is -2.45. The Morgan fingerprint density at radius 2 is 1.69 bits per heavy atom. The van der Waals surface area contributed by atoms with Crippen LogP contribution in [0.15, 0.2) is 29.1 Å². The molecule has 5 atom stereocenters. The van der Waals surface area contributed by atoms with Crippen LogP contribution in [0.5, 0.6) is 0 Å². The second kappa shape index (κ2) is 9.78. The summed E-state index contributed by atoms with van der Waals surface area (Å²) in [4.78, 5) is 34.7. The maximum atomic E-state index is 13.8. The molecule has 194 valence electrons. The molecule has 2 bridgehead atoms. The zero-order chi connectivity index (χ0) is 24.8. The molecule has 2 aromatic rings. The molecule has 2 aliphatic heterocycles. The van der Waals surface area contributed by atoms with Crippen molar-refractivity contribution in [1.29, 1.82) is 0 Å². The van der Waals surface area contributed by atoms with Crippen LogP contribution in [0, 0.1) is 11.8 Å². The number of likely N-dealkylation sites (tertiary alicyclic amines) is 1. The topological polar surface area (TPSA) is 87.9 Å². The first-order chi connectivity index (χ1) is 17.5. The molecule has 2 aliphatic carbocycles. The number of carboxylic acids is 1. The van der Waals surface area contributed by atoms with Gasteiger partial charge in [-0.15, -0.1) is 0 Å². The maximum absolute atomic E-state index is 13.8. The molecule has 0 radical (unpaired) electrons. The summed E-state index contributed by atoms with van der Waals surface area (Å²) in [6.45, 7) is 2.39. The number of fused-ring (bicyclic) bond motifs is 3. The normalized spacial score (nSPS) is 31.7. The van der Waals surface area contributed by atoms with E-state index in [1.54, 1.807) is 4.90 Å². The Bertz CT molecular complexity index is 1160. The van der Waals surface area contributed by atoms with Crippen molar-refractivity contribution in [3.63, 3.8) is 0 Å². The molecule has 1 aromatic carbocycles. The molecule has 8 nitrogen and oxygen atoms in total. The predicted molar refractivity (Wildman–Crippen MR) is 139 cm³/mol. The van der Waals surface area contributed by atoms with E-state index in [0.29, 0.717) is 12.6 Å². The summed E-state index contributed by atoms with van der Waals surface area (Å²) < 4.78 is 7.24.